The molecule has 0 amide bonds. The van der Waals surface area contributed by atoms with Crippen molar-refractivity contribution in [2.24, 2.45) is 0 Å². The predicted molar refractivity (Wildman–Crippen MR) is 103 cm³/mol. The normalized spacial score (nSPS) is 13.6. The lowest BCUT2D eigenvalue weighted by Gasteiger charge is -2.12. The molecule has 0 fully saturated rings. The van der Waals surface area contributed by atoms with Crippen LogP contribution in [0.1, 0.15) is 17.8 Å². The van der Waals surface area contributed by atoms with E-state index in [1.165, 1.54) is 0 Å². The second-order valence-corrected chi connectivity index (χ2v) is 8.42. The van der Waals surface area contributed by atoms with Crippen molar-refractivity contribution in [1.82, 2.24) is 9.55 Å². The smallest absolute Gasteiger partial charge is 0.262 e. The van der Waals surface area contributed by atoms with E-state index >= 15 is 0 Å². The summed E-state index contributed by atoms with van der Waals surface area (Å²) in [6.45, 7) is 2.67. The Bertz CT molecular complexity index is 1070. The molecule has 134 valence electrons. The molecule has 1 aliphatic rings. The summed E-state index contributed by atoms with van der Waals surface area (Å²) in [7, 11) is -3.69. The van der Waals surface area contributed by atoms with Gasteiger partial charge in [0.05, 0.1) is 16.8 Å². The van der Waals surface area contributed by atoms with Crippen LogP contribution in [-0.2, 0) is 23.0 Å². The first-order chi connectivity index (χ1) is 12.5. The third kappa shape index (κ3) is 2.99. The van der Waals surface area contributed by atoms with E-state index in [-0.39, 0.29) is 4.90 Å². The molecule has 0 bridgehead atoms. The number of nitrogens with zero attached hydrogens (tertiary/aromatic N) is 2. The highest BCUT2D eigenvalue weighted by atomic mass is 35.5. The van der Waals surface area contributed by atoms with Crippen molar-refractivity contribution in [2.45, 2.75) is 31.2 Å². The van der Waals surface area contributed by atoms with Crippen LogP contribution in [-0.4, -0.2) is 18.0 Å². The lowest BCUT2D eigenvalue weighted by molar-refractivity contribution is 0.600. The Hall–Kier alpha value is -2.31. The largest absolute Gasteiger partial charge is 0.328 e. The van der Waals surface area contributed by atoms with Crippen molar-refractivity contribution in [3.63, 3.8) is 0 Å². The third-order valence-corrected chi connectivity index (χ3v) is 6.60. The zero-order valence-corrected chi connectivity index (χ0v) is 15.8. The molecule has 1 aliphatic heterocycles. The zero-order valence-electron chi connectivity index (χ0n) is 14.2. The number of aromatic nitrogens is 2. The number of imidazole rings is 1. The van der Waals surface area contributed by atoms with E-state index in [1.807, 2.05) is 18.3 Å². The van der Waals surface area contributed by atoms with Gasteiger partial charge in [-0.25, -0.2) is 13.4 Å². The van der Waals surface area contributed by atoms with E-state index in [9.17, 15) is 8.42 Å². The van der Waals surface area contributed by atoms with E-state index in [2.05, 4.69) is 14.3 Å². The maximum Gasteiger partial charge on any atom is 0.262 e. The van der Waals surface area contributed by atoms with Crippen molar-refractivity contribution < 1.29 is 8.42 Å². The Balaban J connectivity index is 1.60. The highest BCUT2D eigenvalue weighted by molar-refractivity contribution is 7.92. The molecule has 1 aromatic heterocycles. The Morgan fingerprint density at radius 1 is 1.15 bits per heavy atom. The molecule has 1 N–H and O–H groups in total. The van der Waals surface area contributed by atoms with Crippen LogP contribution >= 0.6 is 11.6 Å². The first-order valence-corrected chi connectivity index (χ1v) is 10.2. The standard InChI is InChI=1S/C19H18ClN3O2S/c1-13-16(20)4-2-5-18(13)26(24,25)22-15-9-7-14(8-10-15)17-12-21-19-6-3-11-23(17)19/h2,4-5,7-10,12,22H,3,6,11H2,1H3. The number of hydrogen-bond donors (Lipinski definition) is 1. The lowest BCUT2D eigenvalue weighted by Crippen LogP contribution is -2.14. The summed E-state index contributed by atoms with van der Waals surface area (Å²) in [5, 5.41) is 0.429. The number of sulfonamides is 1. The molecular weight excluding hydrogens is 370 g/mol. The van der Waals surface area contributed by atoms with Crippen LogP contribution in [0.4, 0.5) is 5.69 Å². The minimum absolute atomic E-state index is 0.183. The fourth-order valence-electron chi connectivity index (χ4n) is 3.29. The Labute approximate surface area is 157 Å². The van der Waals surface area contributed by atoms with Gasteiger partial charge in [-0.15, -0.1) is 0 Å². The molecule has 0 saturated carbocycles. The summed E-state index contributed by atoms with van der Waals surface area (Å²) in [5.74, 6) is 1.11. The molecule has 0 spiro atoms. The van der Waals surface area contributed by atoms with Crippen molar-refractivity contribution in [3.8, 4) is 11.3 Å². The van der Waals surface area contributed by atoms with E-state index in [4.69, 9.17) is 11.6 Å². The number of halogens is 1. The molecule has 7 heteroatoms. The van der Waals surface area contributed by atoms with Gasteiger partial charge < -0.3 is 4.57 Å². The van der Waals surface area contributed by atoms with E-state index < -0.39 is 10.0 Å². The molecule has 0 aliphatic carbocycles. The molecule has 0 unspecified atom stereocenters. The highest BCUT2D eigenvalue weighted by Gasteiger charge is 2.19. The van der Waals surface area contributed by atoms with E-state index in [0.29, 0.717) is 16.3 Å². The number of fused-ring (bicyclic) bond motifs is 1. The lowest BCUT2D eigenvalue weighted by atomic mass is 10.1. The molecule has 26 heavy (non-hydrogen) atoms. The van der Waals surface area contributed by atoms with Gasteiger partial charge in [0.15, 0.2) is 0 Å². The average Bonchev–Trinajstić information content (AvgIpc) is 3.21. The summed E-state index contributed by atoms with van der Waals surface area (Å²) in [6.07, 6.45) is 4.01. The van der Waals surface area contributed by atoms with Crippen LogP contribution in [0.15, 0.2) is 53.6 Å². The molecular formula is C19H18ClN3O2S. The number of nitrogens with one attached hydrogen (secondary N) is 1. The zero-order chi connectivity index (χ0) is 18.3. The maximum atomic E-state index is 12.7. The van der Waals surface area contributed by atoms with Crippen molar-refractivity contribution in [1.29, 1.82) is 0 Å². The fourth-order valence-corrected chi connectivity index (χ4v) is 4.84. The van der Waals surface area contributed by atoms with Gasteiger partial charge in [-0.1, -0.05) is 29.8 Å². The van der Waals surface area contributed by atoms with Crippen LogP contribution in [0.3, 0.4) is 0 Å². The summed E-state index contributed by atoms with van der Waals surface area (Å²) >= 11 is 6.05. The van der Waals surface area contributed by atoms with Crippen LogP contribution < -0.4 is 4.72 Å². The second kappa shape index (κ2) is 6.45. The molecule has 4 rings (SSSR count). The van der Waals surface area contributed by atoms with E-state index in [1.54, 1.807) is 37.3 Å². The molecule has 3 aromatic rings. The van der Waals surface area contributed by atoms with Gasteiger partial charge in [0.2, 0.25) is 0 Å². The van der Waals surface area contributed by atoms with Gasteiger partial charge in [0.1, 0.15) is 5.82 Å². The Kier molecular flexibility index (Phi) is 4.25. The SMILES string of the molecule is Cc1c(Cl)cccc1S(=O)(=O)Nc1ccc(-c2cnc3n2CCC3)cc1. The minimum Gasteiger partial charge on any atom is -0.328 e. The predicted octanol–water partition coefficient (Wildman–Crippen LogP) is 4.26. The van der Waals surface area contributed by atoms with Gasteiger partial charge in [-0.2, -0.15) is 0 Å². The summed E-state index contributed by atoms with van der Waals surface area (Å²) in [4.78, 5) is 4.63. The van der Waals surface area contributed by atoms with Crippen LogP contribution in [0, 0.1) is 6.92 Å². The summed E-state index contributed by atoms with van der Waals surface area (Å²) < 4.78 is 30.2. The number of hydrogen-bond acceptors (Lipinski definition) is 3. The monoisotopic (exact) mass is 387 g/mol. The van der Waals surface area contributed by atoms with E-state index in [0.717, 1.165) is 36.5 Å². The Morgan fingerprint density at radius 2 is 1.92 bits per heavy atom. The topological polar surface area (TPSA) is 64.0 Å². The van der Waals surface area contributed by atoms with Gasteiger partial charge in [0, 0.05) is 23.7 Å². The number of anilines is 1. The van der Waals surface area contributed by atoms with Crippen LogP contribution in [0.25, 0.3) is 11.3 Å². The molecule has 0 atom stereocenters. The summed E-state index contributed by atoms with van der Waals surface area (Å²) in [5.41, 5.74) is 3.13. The molecule has 2 heterocycles. The summed E-state index contributed by atoms with van der Waals surface area (Å²) in [6, 6.07) is 12.2. The van der Waals surface area contributed by atoms with Gasteiger partial charge in [0.25, 0.3) is 10.0 Å². The molecule has 0 saturated heterocycles. The fraction of sp³-hybridized carbons (Fsp3) is 0.211. The van der Waals surface area contributed by atoms with Crippen LogP contribution in [0.2, 0.25) is 5.02 Å². The van der Waals surface area contributed by atoms with Crippen molar-refractivity contribution in [3.05, 3.63) is 65.1 Å². The quantitative estimate of drug-likeness (QED) is 0.727. The Morgan fingerprint density at radius 3 is 2.69 bits per heavy atom. The first-order valence-electron chi connectivity index (χ1n) is 8.38. The molecule has 5 nitrogen and oxygen atoms in total. The number of benzene rings is 2. The van der Waals surface area contributed by atoms with Crippen molar-refractivity contribution in [2.75, 3.05) is 4.72 Å². The average molecular weight is 388 g/mol. The number of rotatable bonds is 4. The first kappa shape index (κ1) is 17.1. The third-order valence-electron chi connectivity index (χ3n) is 4.66. The second-order valence-electron chi connectivity index (χ2n) is 6.36. The number of aryl methyl sites for hydroxylation is 1. The van der Waals surface area contributed by atoms with Crippen LogP contribution in [0.5, 0.6) is 0 Å². The van der Waals surface area contributed by atoms with Gasteiger partial charge in [-0.3, -0.25) is 4.72 Å². The highest BCUT2D eigenvalue weighted by Crippen LogP contribution is 2.28. The van der Waals surface area contributed by atoms with Gasteiger partial charge in [-0.05, 0) is 48.7 Å². The maximum absolute atomic E-state index is 12.7. The minimum atomic E-state index is -3.69. The molecule has 0 radical (unpaired) electrons. The van der Waals surface area contributed by atoms with Crippen molar-refractivity contribution >= 4 is 27.3 Å². The van der Waals surface area contributed by atoms with Gasteiger partial charge >= 0.3 is 0 Å². The molecule has 2 aromatic carbocycles.